The van der Waals surface area contributed by atoms with Crippen LogP contribution in [0.4, 0.5) is 0 Å². The average Bonchev–Trinajstić information content (AvgIpc) is 2.66. The number of methoxy groups -OCH3 is 1. The van der Waals surface area contributed by atoms with Crippen molar-refractivity contribution in [3.63, 3.8) is 0 Å². The van der Waals surface area contributed by atoms with Crippen molar-refractivity contribution in [2.75, 3.05) is 7.11 Å². The first-order chi connectivity index (χ1) is 8.08. The van der Waals surface area contributed by atoms with E-state index in [0.29, 0.717) is 17.0 Å². The van der Waals surface area contributed by atoms with Gasteiger partial charge in [-0.1, -0.05) is 27.5 Å². The van der Waals surface area contributed by atoms with Crippen LogP contribution < -0.4 is 0 Å². The number of nitrogens with zero attached hydrogens (tertiary/aromatic N) is 2. The fourth-order valence-electron chi connectivity index (χ4n) is 1.71. The number of aromatic nitrogens is 2. The van der Waals surface area contributed by atoms with Gasteiger partial charge in [0.25, 0.3) is 0 Å². The number of carbonyl (C=O) groups is 1. The van der Waals surface area contributed by atoms with Gasteiger partial charge in [-0.05, 0) is 19.1 Å². The summed E-state index contributed by atoms with van der Waals surface area (Å²) < 4.78 is 7.20. The predicted molar refractivity (Wildman–Crippen MR) is 69.5 cm³/mol. The van der Waals surface area contributed by atoms with Gasteiger partial charge >= 0.3 is 5.97 Å². The minimum Gasteiger partial charge on any atom is -0.464 e. The van der Waals surface area contributed by atoms with Gasteiger partial charge in [0, 0.05) is 16.4 Å². The van der Waals surface area contributed by atoms with Crippen LogP contribution >= 0.6 is 27.5 Å². The maximum absolute atomic E-state index is 11.6. The minimum atomic E-state index is -0.462. The maximum atomic E-state index is 11.6. The number of carbonyl (C=O) groups excluding carboxylic acids is 1. The zero-order valence-corrected chi connectivity index (χ0v) is 11.7. The van der Waals surface area contributed by atoms with Gasteiger partial charge in [-0.3, -0.25) is 4.68 Å². The molecule has 0 amide bonds. The number of hydrogen-bond donors (Lipinski definition) is 0. The summed E-state index contributed by atoms with van der Waals surface area (Å²) in [6.45, 7) is 2.57. The molecule has 0 saturated carbocycles. The van der Waals surface area contributed by atoms with Crippen LogP contribution in [0.3, 0.4) is 0 Å². The van der Waals surface area contributed by atoms with Gasteiger partial charge in [0.05, 0.1) is 17.6 Å². The van der Waals surface area contributed by atoms with Crippen molar-refractivity contribution in [2.24, 2.45) is 0 Å². The Morgan fingerprint density at radius 1 is 1.59 bits per heavy atom. The zero-order valence-electron chi connectivity index (χ0n) is 9.33. The Morgan fingerprint density at radius 2 is 2.29 bits per heavy atom. The molecule has 0 aliphatic rings. The van der Waals surface area contributed by atoms with Crippen molar-refractivity contribution in [3.8, 4) is 0 Å². The van der Waals surface area contributed by atoms with Crippen LogP contribution in [-0.4, -0.2) is 22.9 Å². The lowest BCUT2D eigenvalue weighted by molar-refractivity contribution is 0.0595. The highest BCUT2D eigenvalue weighted by molar-refractivity contribution is 9.10. The SMILES string of the molecule is CCn1nc(C(=O)OC)c2cc(Br)cc(Cl)c21. The van der Waals surface area contributed by atoms with E-state index in [2.05, 4.69) is 21.0 Å². The van der Waals surface area contributed by atoms with Crippen LogP contribution in [0.15, 0.2) is 16.6 Å². The van der Waals surface area contributed by atoms with E-state index in [1.165, 1.54) is 7.11 Å². The number of rotatable bonds is 2. The van der Waals surface area contributed by atoms with Gasteiger partial charge in [0.15, 0.2) is 5.69 Å². The molecule has 0 unspecified atom stereocenters. The van der Waals surface area contributed by atoms with Crippen molar-refractivity contribution in [2.45, 2.75) is 13.5 Å². The largest absolute Gasteiger partial charge is 0.464 e. The number of ether oxygens (including phenoxy) is 1. The molecule has 2 aromatic rings. The molecule has 2 rings (SSSR count). The summed E-state index contributed by atoms with van der Waals surface area (Å²) in [7, 11) is 1.33. The lowest BCUT2D eigenvalue weighted by Crippen LogP contribution is -2.04. The van der Waals surface area contributed by atoms with E-state index in [0.717, 1.165) is 9.99 Å². The minimum absolute atomic E-state index is 0.285. The van der Waals surface area contributed by atoms with Crippen LogP contribution in [0.1, 0.15) is 17.4 Å². The second kappa shape index (κ2) is 4.66. The van der Waals surface area contributed by atoms with E-state index < -0.39 is 5.97 Å². The highest BCUT2D eigenvalue weighted by Crippen LogP contribution is 2.30. The molecular weight excluding hydrogens is 307 g/mol. The number of halogens is 2. The third-order valence-electron chi connectivity index (χ3n) is 2.44. The summed E-state index contributed by atoms with van der Waals surface area (Å²) in [5.41, 5.74) is 1.03. The Bertz CT molecular complexity index is 595. The van der Waals surface area contributed by atoms with E-state index in [4.69, 9.17) is 16.3 Å². The number of hydrogen-bond acceptors (Lipinski definition) is 3. The maximum Gasteiger partial charge on any atom is 0.359 e. The summed E-state index contributed by atoms with van der Waals surface area (Å²) in [5, 5.41) is 5.46. The zero-order chi connectivity index (χ0) is 12.6. The van der Waals surface area contributed by atoms with E-state index in [1.54, 1.807) is 10.7 Å². The van der Waals surface area contributed by atoms with Crippen molar-refractivity contribution < 1.29 is 9.53 Å². The van der Waals surface area contributed by atoms with E-state index in [1.807, 2.05) is 13.0 Å². The third kappa shape index (κ3) is 2.05. The van der Waals surface area contributed by atoms with E-state index >= 15 is 0 Å². The topological polar surface area (TPSA) is 44.1 Å². The average molecular weight is 318 g/mol. The summed E-state index contributed by atoms with van der Waals surface area (Å²) in [6.07, 6.45) is 0. The van der Waals surface area contributed by atoms with Gasteiger partial charge < -0.3 is 4.74 Å². The van der Waals surface area contributed by atoms with Gasteiger partial charge in [0.1, 0.15) is 0 Å². The van der Waals surface area contributed by atoms with Crippen molar-refractivity contribution in [3.05, 3.63) is 27.3 Å². The molecule has 0 N–H and O–H groups in total. The molecule has 0 aliphatic carbocycles. The highest BCUT2D eigenvalue weighted by atomic mass is 79.9. The van der Waals surface area contributed by atoms with Crippen LogP contribution in [-0.2, 0) is 11.3 Å². The number of fused-ring (bicyclic) bond motifs is 1. The van der Waals surface area contributed by atoms with Crippen LogP contribution in [0.2, 0.25) is 5.02 Å². The number of benzene rings is 1. The van der Waals surface area contributed by atoms with Gasteiger partial charge in [-0.25, -0.2) is 4.79 Å². The molecule has 1 aromatic carbocycles. The summed E-state index contributed by atoms with van der Waals surface area (Å²) in [4.78, 5) is 11.6. The molecule has 0 bridgehead atoms. The molecule has 0 aliphatic heterocycles. The molecule has 17 heavy (non-hydrogen) atoms. The third-order valence-corrected chi connectivity index (χ3v) is 3.19. The van der Waals surface area contributed by atoms with Crippen LogP contribution in [0, 0.1) is 0 Å². The molecular formula is C11H10BrClN2O2. The fraction of sp³-hybridized carbons (Fsp3) is 0.273. The van der Waals surface area contributed by atoms with E-state index in [-0.39, 0.29) is 5.69 Å². The Kier molecular flexibility index (Phi) is 3.40. The second-order valence-corrected chi connectivity index (χ2v) is 4.76. The molecule has 6 heteroatoms. The lowest BCUT2D eigenvalue weighted by Gasteiger charge is -2.00. The second-order valence-electron chi connectivity index (χ2n) is 3.44. The Labute approximate surface area is 112 Å². The Balaban J connectivity index is 2.82. The smallest absolute Gasteiger partial charge is 0.359 e. The first kappa shape index (κ1) is 12.4. The van der Waals surface area contributed by atoms with Crippen molar-refractivity contribution in [1.29, 1.82) is 0 Å². The number of esters is 1. The fourth-order valence-corrected chi connectivity index (χ4v) is 2.62. The highest BCUT2D eigenvalue weighted by Gasteiger charge is 2.19. The molecule has 0 radical (unpaired) electrons. The van der Waals surface area contributed by atoms with Crippen molar-refractivity contribution in [1.82, 2.24) is 9.78 Å². The Morgan fingerprint density at radius 3 is 2.88 bits per heavy atom. The normalized spacial score (nSPS) is 10.8. The molecule has 4 nitrogen and oxygen atoms in total. The first-order valence-corrected chi connectivity index (χ1v) is 6.19. The monoisotopic (exact) mass is 316 g/mol. The molecule has 90 valence electrons. The molecule has 1 heterocycles. The molecule has 1 aromatic heterocycles. The summed E-state index contributed by atoms with van der Waals surface area (Å²) >= 11 is 9.51. The molecule has 0 fully saturated rings. The summed E-state index contributed by atoms with van der Waals surface area (Å²) in [6, 6.07) is 3.59. The van der Waals surface area contributed by atoms with Gasteiger partial charge in [0.2, 0.25) is 0 Å². The lowest BCUT2D eigenvalue weighted by atomic mass is 10.2. The molecule has 0 spiro atoms. The van der Waals surface area contributed by atoms with E-state index in [9.17, 15) is 4.79 Å². The predicted octanol–water partition coefficient (Wildman–Crippen LogP) is 3.26. The standard InChI is InChI=1S/C11H10BrClN2O2/c1-3-15-10-7(4-6(12)5-8(10)13)9(14-15)11(16)17-2/h4-5H,3H2,1-2H3. The van der Waals surface area contributed by atoms with Gasteiger partial charge in [-0.2, -0.15) is 5.10 Å². The Hall–Kier alpha value is -1.07. The first-order valence-electron chi connectivity index (χ1n) is 5.02. The molecule has 0 saturated heterocycles. The van der Waals surface area contributed by atoms with Crippen LogP contribution in [0.5, 0.6) is 0 Å². The van der Waals surface area contributed by atoms with Gasteiger partial charge in [-0.15, -0.1) is 0 Å². The quantitative estimate of drug-likeness (QED) is 0.799. The molecule has 0 atom stereocenters. The summed E-state index contributed by atoms with van der Waals surface area (Å²) in [5.74, 6) is -0.462. The number of aryl methyl sites for hydroxylation is 1. The van der Waals surface area contributed by atoms with Crippen LogP contribution in [0.25, 0.3) is 10.9 Å². The van der Waals surface area contributed by atoms with Crippen molar-refractivity contribution >= 4 is 44.4 Å².